The molecular formula is C21H27N5O3. The zero-order valence-electron chi connectivity index (χ0n) is 16.8. The minimum atomic E-state index is -0.557. The van der Waals surface area contributed by atoms with E-state index in [1.807, 2.05) is 34.1 Å². The lowest BCUT2D eigenvalue weighted by atomic mass is 9.91. The summed E-state index contributed by atoms with van der Waals surface area (Å²) < 4.78 is 8.24. The second kappa shape index (κ2) is 8.23. The number of benzene rings is 1. The monoisotopic (exact) mass is 397 g/mol. The smallest absolute Gasteiger partial charge is 0.222 e. The van der Waals surface area contributed by atoms with Gasteiger partial charge < -0.3 is 14.5 Å². The molecule has 0 aliphatic carbocycles. The molecule has 1 fully saturated rings. The maximum atomic E-state index is 12.8. The summed E-state index contributed by atoms with van der Waals surface area (Å²) in [4.78, 5) is 32.7. The zero-order chi connectivity index (χ0) is 20.3. The number of likely N-dealkylation sites (tertiary alicyclic amines) is 1. The van der Waals surface area contributed by atoms with Gasteiger partial charge in [0.2, 0.25) is 11.8 Å². The van der Waals surface area contributed by atoms with Gasteiger partial charge >= 0.3 is 0 Å². The van der Waals surface area contributed by atoms with E-state index in [2.05, 4.69) is 10.1 Å². The van der Waals surface area contributed by atoms with Gasteiger partial charge in [-0.15, -0.1) is 0 Å². The topological polar surface area (TPSA) is 80.6 Å². The Kier molecular flexibility index (Phi) is 5.51. The van der Waals surface area contributed by atoms with Crippen LogP contribution < -0.4 is 4.74 Å². The Morgan fingerprint density at radius 3 is 2.83 bits per heavy atom. The van der Waals surface area contributed by atoms with Crippen molar-refractivity contribution < 1.29 is 14.3 Å². The van der Waals surface area contributed by atoms with E-state index in [0.29, 0.717) is 32.6 Å². The molecule has 1 aromatic carbocycles. The minimum absolute atomic E-state index is 0.0287. The first kappa shape index (κ1) is 19.4. The Hall–Kier alpha value is -2.90. The van der Waals surface area contributed by atoms with Gasteiger partial charge in [-0.1, -0.05) is 18.2 Å². The number of piperidine rings is 1. The lowest BCUT2D eigenvalue weighted by Gasteiger charge is -2.43. The molecule has 0 saturated carbocycles. The summed E-state index contributed by atoms with van der Waals surface area (Å²) in [7, 11) is 0. The van der Waals surface area contributed by atoms with Crippen LogP contribution in [0.5, 0.6) is 5.75 Å². The lowest BCUT2D eigenvalue weighted by Crippen LogP contribution is -2.58. The quantitative estimate of drug-likeness (QED) is 0.787. The van der Waals surface area contributed by atoms with E-state index in [1.165, 1.54) is 6.33 Å². The van der Waals surface area contributed by atoms with Crippen LogP contribution >= 0.6 is 0 Å². The number of rotatable bonds is 4. The number of para-hydroxylation sites is 1. The van der Waals surface area contributed by atoms with Gasteiger partial charge in [0.1, 0.15) is 24.0 Å². The van der Waals surface area contributed by atoms with Crippen LogP contribution in [0.3, 0.4) is 0 Å². The Bertz CT molecular complexity index is 869. The van der Waals surface area contributed by atoms with Gasteiger partial charge in [0, 0.05) is 38.5 Å². The van der Waals surface area contributed by atoms with E-state index < -0.39 is 5.60 Å². The predicted molar refractivity (Wildman–Crippen MR) is 106 cm³/mol. The molecule has 2 aromatic rings. The molecule has 8 nitrogen and oxygen atoms in total. The summed E-state index contributed by atoms with van der Waals surface area (Å²) in [6, 6.07) is 7.87. The number of nitrogens with zero attached hydrogens (tertiary/aromatic N) is 5. The molecule has 2 aliphatic rings. The first-order valence-electron chi connectivity index (χ1n) is 10.2. The highest BCUT2D eigenvalue weighted by molar-refractivity contribution is 5.76. The molecule has 8 heteroatoms. The molecule has 0 unspecified atom stereocenters. The fourth-order valence-electron chi connectivity index (χ4n) is 4.25. The molecule has 1 spiro atoms. The fourth-order valence-corrected chi connectivity index (χ4v) is 4.25. The van der Waals surface area contributed by atoms with E-state index in [9.17, 15) is 9.59 Å². The third-order valence-electron chi connectivity index (χ3n) is 5.72. The molecule has 154 valence electrons. The first-order chi connectivity index (χ1) is 14.0. The maximum absolute atomic E-state index is 12.8. The van der Waals surface area contributed by atoms with Crippen molar-refractivity contribution in [3.63, 3.8) is 0 Å². The van der Waals surface area contributed by atoms with Crippen LogP contribution in [0.1, 0.15) is 38.2 Å². The molecule has 1 saturated heterocycles. The van der Waals surface area contributed by atoms with Crippen molar-refractivity contribution in [2.24, 2.45) is 0 Å². The molecule has 0 bridgehead atoms. The Labute approximate surface area is 170 Å². The third-order valence-corrected chi connectivity index (χ3v) is 5.72. The lowest BCUT2D eigenvalue weighted by molar-refractivity contribution is -0.140. The van der Waals surface area contributed by atoms with Gasteiger partial charge in [-0.25, -0.2) is 4.98 Å². The van der Waals surface area contributed by atoms with E-state index in [0.717, 1.165) is 37.1 Å². The number of carbonyl (C=O) groups excluding carboxylic acids is 2. The van der Waals surface area contributed by atoms with Crippen molar-refractivity contribution in [3.05, 3.63) is 42.5 Å². The van der Waals surface area contributed by atoms with Crippen molar-refractivity contribution >= 4 is 11.8 Å². The molecule has 1 atom stereocenters. The zero-order valence-corrected chi connectivity index (χ0v) is 16.8. The molecule has 29 heavy (non-hydrogen) atoms. The number of aromatic nitrogens is 3. The van der Waals surface area contributed by atoms with Gasteiger partial charge in [0.15, 0.2) is 0 Å². The summed E-state index contributed by atoms with van der Waals surface area (Å²) in [5.41, 5.74) is 0.453. The number of carbonyl (C=O) groups is 2. The van der Waals surface area contributed by atoms with E-state index in [4.69, 9.17) is 4.74 Å². The molecule has 4 rings (SSSR count). The standard InChI is InChI=1S/C21H27N5O3/c1-17(27)25-12-18-6-2-3-7-19(18)29-21(14-25)9-5-10-24(13-21)20(28)8-4-11-26-16-22-15-23-26/h2-3,6-7,15-16H,4-5,8-14H2,1H3/t21-/m0/s1. The molecule has 1 aromatic heterocycles. The molecule has 3 heterocycles. The molecule has 2 amide bonds. The van der Waals surface area contributed by atoms with Crippen LogP contribution in [0.2, 0.25) is 0 Å². The predicted octanol–water partition coefficient (Wildman–Crippen LogP) is 1.86. The summed E-state index contributed by atoms with van der Waals surface area (Å²) >= 11 is 0. The normalized spacial score (nSPS) is 21.4. The van der Waals surface area contributed by atoms with Gasteiger partial charge in [-0.05, 0) is 25.3 Å². The number of fused-ring (bicyclic) bond motifs is 1. The van der Waals surface area contributed by atoms with E-state index >= 15 is 0 Å². The van der Waals surface area contributed by atoms with Crippen LogP contribution in [0, 0.1) is 0 Å². The van der Waals surface area contributed by atoms with Gasteiger partial charge in [0.05, 0.1) is 13.1 Å². The Balaban J connectivity index is 1.46. The van der Waals surface area contributed by atoms with Crippen LogP contribution in [-0.2, 0) is 22.7 Å². The fraction of sp³-hybridized carbons (Fsp3) is 0.524. The Morgan fingerprint density at radius 1 is 1.21 bits per heavy atom. The maximum Gasteiger partial charge on any atom is 0.222 e. The highest BCUT2D eigenvalue weighted by atomic mass is 16.5. The van der Waals surface area contributed by atoms with Crippen molar-refractivity contribution in [1.82, 2.24) is 24.6 Å². The SMILES string of the molecule is CC(=O)N1Cc2ccccc2O[C@]2(CCCN(C(=O)CCCn3cncn3)C2)C1. The summed E-state index contributed by atoms with van der Waals surface area (Å²) in [6.45, 7) is 4.55. The molecule has 2 aliphatic heterocycles. The van der Waals surface area contributed by atoms with Gasteiger partial charge in [-0.2, -0.15) is 5.10 Å². The third kappa shape index (κ3) is 4.41. The molecule has 0 radical (unpaired) electrons. The van der Waals surface area contributed by atoms with Crippen LogP contribution in [0.25, 0.3) is 0 Å². The number of amides is 2. The minimum Gasteiger partial charge on any atom is -0.483 e. The second-order valence-corrected chi connectivity index (χ2v) is 7.95. The van der Waals surface area contributed by atoms with Gasteiger partial charge in [-0.3, -0.25) is 14.3 Å². The van der Waals surface area contributed by atoms with Crippen molar-refractivity contribution in [3.8, 4) is 5.75 Å². The van der Waals surface area contributed by atoms with Crippen molar-refractivity contribution in [2.45, 2.75) is 51.3 Å². The van der Waals surface area contributed by atoms with Crippen LogP contribution in [-0.4, -0.2) is 61.6 Å². The highest BCUT2D eigenvalue weighted by Crippen LogP contribution is 2.35. The first-order valence-corrected chi connectivity index (χ1v) is 10.2. The number of hydrogen-bond donors (Lipinski definition) is 0. The molecular weight excluding hydrogens is 370 g/mol. The number of aryl methyl sites for hydroxylation is 1. The highest BCUT2D eigenvalue weighted by Gasteiger charge is 2.43. The summed E-state index contributed by atoms with van der Waals surface area (Å²) in [5.74, 6) is 0.970. The van der Waals surface area contributed by atoms with Crippen LogP contribution in [0.4, 0.5) is 0 Å². The van der Waals surface area contributed by atoms with E-state index in [-0.39, 0.29) is 11.8 Å². The largest absolute Gasteiger partial charge is 0.483 e. The summed E-state index contributed by atoms with van der Waals surface area (Å²) in [6.07, 6.45) is 6.03. The average molecular weight is 397 g/mol. The van der Waals surface area contributed by atoms with Crippen molar-refractivity contribution in [1.29, 1.82) is 0 Å². The van der Waals surface area contributed by atoms with E-state index in [1.54, 1.807) is 17.9 Å². The van der Waals surface area contributed by atoms with Crippen LogP contribution in [0.15, 0.2) is 36.9 Å². The number of hydrogen-bond acceptors (Lipinski definition) is 5. The second-order valence-electron chi connectivity index (χ2n) is 7.95. The van der Waals surface area contributed by atoms with Gasteiger partial charge in [0.25, 0.3) is 0 Å². The molecule has 0 N–H and O–H groups in total. The summed E-state index contributed by atoms with van der Waals surface area (Å²) in [5, 5.41) is 4.07. The average Bonchev–Trinajstić information content (AvgIpc) is 3.16. The number of ether oxygens (including phenoxy) is 1. The Morgan fingerprint density at radius 2 is 2.03 bits per heavy atom. The van der Waals surface area contributed by atoms with Crippen molar-refractivity contribution in [2.75, 3.05) is 19.6 Å².